The number of thioether (sulfide) groups is 1. The van der Waals surface area contributed by atoms with Crippen molar-refractivity contribution in [2.24, 2.45) is 0 Å². The predicted octanol–water partition coefficient (Wildman–Crippen LogP) is 3.66. The molecule has 0 atom stereocenters. The number of nitriles is 1. The Hall–Kier alpha value is -2.04. The van der Waals surface area contributed by atoms with Crippen molar-refractivity contribution in [1.82, 2.24) is 9.55 Å². The number of fused-ring (bicyclic) bond motifs is 1. The Morgan fingerprint density at radius 1 is 1.41 bits per heavy atom. The van der Waals surface area contributed by atoms with Crippen LogP contribution in [0.4, 0.5) is 0 Å². The molecule has 5 nitrogen and oxygen atoms in total. The van der Waals surface area contributed by atoms with Gasteiger partial charge in [0.05, 0.1) is 11.6 Å². The lowest BCUT2D eigenvalue weighted by Gasteiger charge is -2.06. The van der Waals surface area contributed by atoms with Gasteiger partial charge in [-0.3, -0.25) is 9.36 Å². The van der Waals surface area contributed by atoms with Crippen LogP contribution in [0.2, 0.25) is 0 Å². The molecule has 2 heterocycles. The van der Waals surface area contributed by atoms with E-state index in [1.165, 1.54) is 16.3 Å². The van der Waals surface area contributed by atoms with Crippen molar-refractivity contribution in [2.45, 2.75) is 11.7 Å². The molecule has 0 saturated carbocycles. The highest BCUT2D eigenvalue weighted by Crippen LogP contribution is 2.36. The first-order chi connectivity index (χ1) is 10.7. The second kappa shape index (κ2) is 5.99. The van der Waals surface area contributed by atoms with Crippen molar-refractivity contribution in [3.8, 4) is 17.2 Å². The minimum Gasteiger partial charge on any atom is -0.430 e. The first-order valence-electron chi connectivity index (χ1n) is 6.36. The first-order valence-corrected chi connectivity index (χ1v) is 8.38. The van der Waals surface area contributed by atoms with Gasteiger partial charge in [-0.1, -0.05) is 42.1 Å². The van der Waals surface area contributed by atoms with Gasteiger partial charge in [0.25, 0.3) is 5.56 Å². The fourth-order valence-corrected chi connectivity index (χ4v) is 3.39. The maximum Gasteiger partial charge on any atom is 0.267 e. The van der Waals surface area contributed by atoms with Crippen LogP contribution < -0.4 is 5.56 Å². The second-order valence-corrected chi connectivity index (χ2v) is 5.94. The van der Waals surface area contributed by atoms with Crippen LogP contribution in [-0.2, 0) is 6.54 Å². The molecule has 0 radical (unpaired) electrons. The second-order valence-electron chi connectivity index (χ2n) is 4.44. The molecule has 22 heavy (non-hydrogen) atoms. The van der Waals surface area contributed by atoms with Crippen molar-refractivity contribution < 1.29 is 4.42 Å². The van der Waals surface area contributed by atoms with Crippen LogP contribution in [-0.4, -0.2) is 15.8 Å². The summed E-state index contributed by atoms with van der Waals surface area (Å²) in [4.78, 5) is 17.1. The monoisotopic (exact) mass is 375 g/mol. The van der Waals surface area contributed by atoms with Gasteiger partial charge in [0, 0.05) is 0 Å². The largest absolute Gasteiger partial charge is 0.430 e. The van der Waals surface area contributed by atoms with Crippen LogP contribution in [0.25, 0.3) is 22.2 Å². The van der Waals surface area contributed by atoms with Gasteiger partial charge in [0.2, 0.25) is 5.71 Å². The van der Waals surface area contributed by atoms with Crippen LogP contribution in [0.1, 0.15) is 0 Å². The van der Waals surface area contributed by atoms with Gasteiger partial charge < -0.3 is 4.42 Å². The zero-order valence-electron chi connectivity index (χ0n) is 11.5. The van der Waals surface area contributed by atoms with E-state index >= 15 is 0 Å². The summed E-state index contributed by atoms with van der Waals surface area (Å²) in [5, 5.41) is 9.79. The topological polar surface area (TPSA) is 71.8 Å². The molecule has 0 spiro atoms. The van der Waals surface area contributed by atoms with Crippen molar-refractivity contribution >= 4 is 38.8 Å². The molecule has 0 amide bonds. The van der Waals surface area contributed by atoms with Gasteiger partial charge in [-0.2, -0.15) is 10.2 Å². The molecule has 3 rings (SSSR count). The van der Waals surface area contributed by atoms with E-state index in [0.717, 1.165) is 5.56 Å². The lowest BCUT2D eigenvalue weighted by molar-refractivity contribution is 0.562. The van der Waals surface area contributed by atoms with Gasteiger partial charge in [0.15, 0.2) is 9.83 Å². The molecule has 2 aromatic heterocycles. The van der Waals surface area contributed by atoms with Gasteiger partial charge in [-0.25, -0.2) is 0 Å². The van der Waals surface area contributed by atoms with Crippen molar-refractivity contribution in [1.29, 1.82) is 5.26 Å². The molecule has 110 valence electrons. The summed E-state index contributed by atoms with van der Waals surface area (Å²) in [7, 11) is 0. The lowest BCUT2D eigenvalue weighted by Crippen LogP contribution is -2.22. The minimum atomic E-state index is -0.274. The van der Waals surface area contributed by atoms with E-state index in [2.05, 4.69) is 20.9 Å². The van der Waals surface area contributed by atoms with Crippen molar-refractivity contribution in [3.63, 3.8) is 0 Å². The van der Waals surface area contributed by atoms with Crippen LogP contribution >= 0.6 is 27.7 Å². The van der Waals surface area contributed by atoms with E-state index in [-0.39, 0.29) is 17.8 Å². The molecule has 7 heteroatoms. The molecule has 3 aromatic rings. The summed E-state index contributed by atoms with van der Waals surface area (Å²) in [5.74, 6) is 0. The summed E-state index contributed by atoms with van der Waals surface area (Å²) >= 11 is 4.66. The van der Waals surface area contributed by atoms with E-state index in [9.17, 15) is 4.79 Å². The Balaban J connectivity index is 2.41. The number of rotatable bonds is 3. The average Bonchev–Trinajstić information content (AvgIpc) is 2.87. The molecule has 0 aliphatic carbocycles. The Kier molecular flexibility index (Phi) is 4.05. The number of halogens is 1. The molecule has 0 fully saturated rings. The number of aromatic nitrogens is 2. The quantitative estimate of drug-likeness (QED) is 0.515. The van der Waals surface area contributed by atoms with E-state index in [4.69, 9.17) is 9.68 Å². The Bertz CT molecular complexity index is 941. The maximum absolute atomic E-state index is 12.8. The van der Waals surface area contributed by atoms with Crippen molar-refractivity contribution in [2.75, 3.05) is 6.26 Å². The van der Waals surface area contributed by atoms with Gasteiger partial charge in [-0.05, 0) is 27.7 Å². The number of furan rings is 1. The Labute approximate surface area is 138 Å². The van der Waals surface area contributed by atoms with Crippen LogP contribution in [0.3, 0.4) is 0 Å². The maximum atomic E-state index is 12.8. The third kappa shape index (κ3) is 2.34. The van der Waals surface area contributed by atoms with Crippen LogP contribution in [0.5, 0.6) is 0 Å². The molecule has 0 aliphatic rings. The Morgan fingerprint density at radius 2 is 2.14 bits per heavy atom. The SMILES string of the molecule is CSc1nc2oc(Br)c(-c3ccccc3)c2c(=O)n1CC#N. The summed E-state index contributed by atoms with van der Waals surface area (Å²) in [6.45, 7) is -0.0467. The Morgan fingerprint density at radius 3 is 2.77 bits per heavy atom. The average molecular weight is 376 g/mol. The number of hydrogen-bond acceptors (Lipinski definition) is 5. The molecule has 0 bridgehead atoms. The van der Waals surface area contributed by atoms with E-state index in [0.29, 0.717) is 20.8 Å². The summed E-state index contributed by atoms with van der Waals surface area (Å²) in [6, 6.07) is 11.5. The molecular weight excluding hydrogens is 366 g/mol. The molecular formula is C15H10BrN3O2S. The fraction of sp³-hybridized carbons (Fsp3) is 0.133. The molecule has 0 N–H and O–H groups in total. The third-order valence-electron chi connectivity index (χ3n) is 3.21. The van der Waals surface area contributed by atoms with Crippen LogP contribution in [0.15, 0.2) is 49.4 Å². The highest BCUT2D eigenvalue weighted by molar-refractivity contribution is 9.10. The molecule has 0 saturated heterocycles. The fourth-order valence-electron chi connectivity index (χ4n) is 2.27. The highest BCUT2D eigenvalue weighted by Gasteiger charge is 2.21. The van der Waals surface area contributed by atoms with Crippen molar-refractivity contribution in [3.05, 3.63) is 45.4 Å². The van der Waals surface area contributed by atoms with E-state index < -0.39 is 0 Å². The summed E-state index contributed by atoms with van der Waals surface area (Å²) in [5.41, 5.74) is 1.51. The first kappa shape index (κ1) is 14.9. The normalized spacial score (nSPS) is 10.8. The highest BCUT2D eigenvalue weighted by atomic mass is 79.9. The summed E-state index contributed by atoms with van der Waals surface area (Å²) < 4.78 is 7.43. The zero-order chi connectivity index (χ0) is 15.7. The third-order valence-corrected chi connectivity index (χ3v) is 4.44. The zero-order valence-corrected chi connectivity index (χ0v) is 13.9. The minimum absolute atomic E-state index is 0.0467. The van der Waals surface area contributed by atoms with Gasteiger partial charge in [0.1, 0.15) is 11.9 Å². The van der Waals surface area contributed by atoms with E-state index in [1.807, 2.05) is 36.4 Å². The molecule has 0 aliphatic heterocycles. The molecule has 1 aromatic carbocycles. The van der Waals surface area contributed by atoms with Crippen LogP contribution in [0, 0.1) is 11.3 Å². The smallest absolute Gasteiger partial charge is 0.267 e. The van der Waals surface area contributed by atoms with E-state index in [1.54, 1.807) is 6.26 Å². The molecule has 0 unspecified atom stereocenters. The lowest BCUT2D eigenvalue weighted by atomic mass is 10.1. The summed E-state index contributed by atoms with van der Waals surface area (Å²) in [6.07, 6.45) is 1.80. The van der Waals surface area contributed by atoms with Gasteiger partial charge >= 0.3 is 0 Å². The number of benzene rings is 1. The predicted molar refractivity (Wildman–Crippen MR) is 88.8 cm³/mol. The standard InChI is InChI=1S/C15H10BrN3O2S/c1-22-15-18-13-11(14(20)19(15)8-7-17)10(12(16)21-13)9-5-3-2-4-6-9/h2-6H,8H2,1H3. The number of hydrogen-bond donors (Lipinski definition) is 0. The number of nitrogens with zero attached hydrogens (tertiary/aromatic N) is 3. The van der Waals surface area contributed by atoms with Gasteiger partial charge in [-0.15, -0.1) is 0 Å².